The lowest BCUT2D eigenvalue weighted by Gasteiger charge is -2.66. The summed E-state index contributed by atoms with van der Waals surface area (Å²) in [6.07, 6.45) is 8.57. The van der Waals surface area contributed by atoms with Gasteiger partial charge >= 0.3 is 5.97 Å². The molecule has 6 atom stereocenters. The first-order valence-electron chi connectivity index (χ1n) is 9.98. The minimum absolute atomic E-state index is 0.0131. The molecular formula is C22H36O3. The van der Waals surface area contributed by atoms with Crippen LogP contribution in [0.25, 0.3) is 0 Å². The van der Waals surface area contributed by atoms with Crippen molar-refractivity contribution in [3.8, 4) is 0 Å². The highest BCUT2D eigenvalue weighted by Gasteiger charge is 2.63. The lowest BCUT2D eigenvalue weighted by Crippen LogP contribution is -2.64. The van der Waals surface area contributed by atoms with Crippen molar-refractivity contribution in [3.05, 3.63) is 12.7 Å². The zero-order valence-corrected chi connectivity index (χ0v) is 17.0. The molecule has 3 aliphatic rings. The van der Waals surface area contributed by atoms with E-state index in [1.807, 2.05) is 6.08 Å². The predicted molar refractivity (Wildman–Crippen MR) is 100 cm³/mol. The summed E-state index contributed by atoms with van der Waals surface area (Å²) < 4.78 is 12.4. The number of ether oxygens (including phenoxy) is 2. The zero-order chi connectivity index (χ0) is 18.7. The van der Waals surface area contributed by atoms with Crippen LogP contribution in [0, 0.1) is 22.7 Å². The molecule has 0 unspecified atom stereocenters. The smallest absolute Gasteiger partial charge is 0.302 e. The van der Waals surface area contributed by atoms with Crippen LogP contribution in [0.1, 0.15) is 80.1 Å². The third kappa shape index (κ3) is 2.87. The summed E-state index contributed by atoms with van der Waals surface area (Å²) in [5.41, 5.74) is -0.00939. The van der Waals surface area contributed by atoms with E-state index in [1.165, 1.54) is 13.3 Å². The second-order valence-electron chi connectivity index (χ2n) is 10.1. The minimum Gasteiger partial charge on any atom is -0.462 e. The Morgan fingerprint density at radius 1 is 1.04 bits per heavy atom. The molecule has 2 aliphatic carbocycles. The Morgan fingerprint density at radius 2 is 1.68 bits per heavy atom. The molecule has 0 amide bonds. The number of hydrogen-bond acceptors (Lipinski definition) is 3. The molecule has 3 fully saturated rings. The van der Waals surface area contributed by atoms with Crippen LogP contribution < -0.4 is 0 Å². The van der Waals surface area contributed by atoms with Crippen LogP contribution in [0.3, 0.4) is 0 Å². The summed E-state index contributed by atoms with van der Waals surface area (Å²) in [5, 5.41) is 0. The van der Waals surface area contributed by atoms with Gasteiger partial charge in [0.25, 0.3) is 0 Å². The molecular weight excluding hydrogens is 312 g/mol. The molecule has 0 radical (unpaired) electrons. The first-order chi connectivity index (χ1) is 11.5. The fourth-order valence-electron chi connectivity index (χ4n) is 6.81. The van der Waals surface area contributed by atoms with Crippen molar-refractivity contribution in [1.82, 2.24) is 0 Å². The van der Waals surface area contributed by atoms with Gasteiger partial charge in [-0.2, -0.15) is 0 Å². The monoisotopic (exact) mass is 348 g/mol. The number of rotatable bonds is 2. The first-order valence-corrected chi connectivity index (χ1v) is 9.98. The summed E-state index contributed by atoms with van der Waals surface area (Å²) in [6, 6.07) is 0. The van der Waals surface area contributed by atoms with Crippen molar-refractivity contribution >= 4 is 5.97 Å². The molecule has 1 heterocycles. The summed E-state index contributed by atoms with van der Waals surface area (Å²) in [6.45, 7) is 17.1. The Morgan fingerprint density at radius 3 is 2.28 bits per heavy atom. The summed E-state index contributed by atoms with van der Waals surface area (Å²) in [5.74, 6) is 0.974. The van der Waals surface area contributed by atoms with Gasteiger partial charge in [-0.3, -0.25) is 4.79 Å². The van der Waals surface area contributed by atoms with Gasteiger partial charge in [-0.25, -0.2) is 0 Å². The average molecular weight is 349 g/mol. The van der Waals surface area contributed by atoms with Gasteiger partial charge in [0.2, 0.25) is 0 Å². The summed E-state index contributed by atoms with van der Waals surface area (Å²) in [4.78, 5) is 11.6. The van der Waals surface area contributed by atoms with E-state index in [-0.39, 0.29) is 34.1 Å². The van der Waals surface area contributed by atoms with E-state index >= 15 is 0 Å². The van der Waals surface area contributed by atoms with E-state index in [0.717, 1.165) is 32.1 Å². The molecule has 3 nitrogen and oxygen atoms in total. The number of hydrogen-bond donors (Lipinski definition) is 0. The molecule has 0 aromatic carbocycles. The number of carbonyl (C=O) groups excluding carboxylic acids is 1. The first kappa shape index (κ1) is 18.9. The van der Waals surface area contributed by atoms with Gasteiger partial charge in [0.1, 0.15) is 6.10 Å². The van der Waals surface area contributed by atoms with Crippen molar-refractivity contribution < 1.29 is 14.3 Å². The number of fused-ring (bicyclic) bond motifs is 3. The van der Waals surface area contributed by atoms with Crippen LogP contribution in [-0.2, 0) is 14.3 Å². The molecule has 0 aromatic heterocycles. The van der Waals surface area contributed by atoms with E-state index in [9.17, 15) is 4.79 Å². The van der Waals surface area contributed by atoms with E-state index in [4.69, 9.17) is 9.47 Å². The van der Waals surface area contributed by atoms with Gasteiger partial charge in [-0.15, -0.1) is 6.58 Å². The molecule has 0 N–H and O–H groups in total. The van der Waals surface area contributed by atoms with E-state index in [2.05, 4.69) is 41.2 Å². The van der Waals surface area contributed by atoms with E-state index in [0.29, 0.717) is 11.8 Å². The molecule has 1 aliphatic heterocycles. The highest BCUT2D eigenvalue weighted by Crippen LogP contribution is 2.65. The Kier molecular flexibility index (Phi) is 4.42. The SMILES string of the molecule is C=C[C@@]1(C)CC[C@@H]2[C@]3(C)CC[C@@H](OC(C)=O)C(C)(C)[C@H]3CC[C@]2(C)O1. The van der Waals surface area contributed by atoms with E-state index < -0.39 is 0 Å². The second-order valence-corrected chi connectivity index (χ2v) is 10.1. The van der Waals surface area contributed by atoms with Crippen molar-refractivity contribution in [1.29, 1.82) is 0 Å². The maximum absolute atomic E-state index is 11.6. The molecule has 3 rings (SSSR count). The fourth-order valence-corrected chi connectivity index (χ4v) is 6.81. The quantitative estimate of drug-likeness (QED) is 0.503. The third-order valence-electron chi connectivity index (χ3n) is 8.07. The van der Waals surface area contributed by atoms with Crippen molar-refractivity contribution in [3.63, 3.8) is 0 Å². The van der Waals surface area contributed by atoms with Gasteiger partial charge in [0.05, 0.1) is 11.2 Å². The topological polar surface area (TPSA) is 35.5 Å². The third-order valence-corrected chi connectivity index (χ3v) is 8.07. The number of carbonyl (C=O) groups is 1. The van der Waals surface area contributed by atoms with Gasteiger partial charge < -0.3 is 9.47 Å². The average Bonchev–Trinajstić information content (AvgIpc) is 2.49. The Balaban J connectivity index is 1.90. The fraction of sp³-hybridized carbons (Fsp3) is 0.864. The van der Waals surface area contributed by atoms with Gasteiger partial charge in [-0.1, -0.05) is 26.8 Å². The molecule has 2 saturated carbocycles. The molecule has 0 spiro atoms. The van der Waals surface area contributed by atoms with Crippen LogP contribution in [0.5, 0.6) is 0 Å². The lowest BCUT2D eigenvalue weighted by molar-refractivity contribution is -0.263. The lowest BCUT2D eigenvalue weighted by atomic mass is 9.44. The van der Waals surface area contributed by atoms with Crippen LogP contribution in [0.2, 0.25) is 0 Å². The van der Waals surface area contributed by atoms with Crippen LogP contribution in [-0.4, -0.2) is 23.3 Å². The maximum Gasteiger partial charge on any atom is 0.302 e. The van der Waals surface area contributed by atoms with Gasteiger partial charge in [0.15, 0.2) is 0 Å². The van der Waals surface area contributed by atoms with Crippen LogP contribution in [0.4, 0.5) is 0 Å². The van der Waals surface area contributed by atoms with Crippen LogP contribution in [0.15, 0.2) is 12.7 Å². The van der Waals surface area contributed by atoms with Crippen molar-refractivity contribution in [2.24, 2.45) is 22.7 Å². The standard InChI is InChI=1S/C22H36O3/c1-8-20(5)12-9-17-21(6)13-11-18(24-15(2)23)19(3,4)16(21)10-14-22(17,7)25-20/h8,16-18H,1,9-14H2,2-7H3/t16-,17-,18-,20+,21-,22+/m1/s1. The molecule has 142 valence electrons. The van der Waals surface area contributed by atoms with E-state index in [1.54, 1.807) is 0 Å². The Hall–Kier alpha value is -0.830. The normalized spacial score (nSPS) is 48.8. The summed E-state index contributed by atoms with van der Waals surface area (Å²) >= 11 is 0. The molecule has 0 aromatic rings. The largest absolute Gasteiger partial charge is 0.462 e. The van der Waals surface area contributed by atoms with Gasteiger partial charge in [-0.05, 0) is 69.6 Å². The minimum atomic E-state index is -0.196. The molecule has 3 heteroatoms. The molecule has 0 bridgehead atoms. The zero-order valence-electron chi connectivity index (χ0n) is 17.0. The summed E-state index contributed by atoms with van der Waals surface area (Å²) in [7, 11) is 0. The number of esters is 1. The Bertz CT molecular complexity index is 568. The highest BCUT2D eigenvalue weighted by atomic mass is 16.5. The van der Waals surface area contributed by atoms with Gasteiger partial charge in [0, 0.05) is 12.3 Å². The maximum atomic E-state index is 11.6. The van der Waals surface area contributed by atoms with Crippen molar-refractivity contribution in [2.45, 2.75) is 97.4 Å². The Labute approximate surface area is 153 Å². The molecule has 25 heavy (non-hydrogen) atoms. The second kappa shape index (κ2) is 5.84. The predicted octanol–water partition coefficient (Wildman–Crippen LogP) is 5.28. The molecule has 1 saturated heterocycles. The van der Waals surface area contributed by atoms with Crippen molar-refractivity contribution in [2.75, 3.05) is 0 Å². The van der Waals surface area contributed by atoms with Crippen LogP contribution >= 0.6 is 0 Å². The highest BCUT2D eigenvalue weighted by molar-refractivity contribution is 5.66.